The summed E-state index contributed by atoms with van der Waals surface area (Å²) in [5.41, 5.74) is 10.2. The normalized spacial score (nSPS) is 10.7. The van der Waals surface area contributed by atoms with Crippen molar-refractivity contribution >= 4 is 11.7 Å². The third-order valence-electron chi connectivity index (χ3n) is 3.77. The van der Waals surface area contributed by atoms with Crippen LogP contribution in [0.5, 0.6) is 0 Å². The SMILES string of the molecule is Cc1ccc(-c2c(C(=O)O)nnn2-c2ccccc2C)cc1N. The molecule has 1 aromatic heterocycles. The lowest BCUT2D eigenvalue weighted by Gasteiger charge is -2.11. The van der Waals surface area contributed by atoms with E-state index in [1.54, 1.807) is 10.7 Å². The number of para-hydroxylation sites is 1. The molecule has 6 heteroatoms. The Bertz CT molecular complexity index is 899. The molecule has 0 amide bonds. The maximum absolute atomic E-state index is 11.5. The van der Waals surface area contributed by atoms with Gasteiger partial charge in [0.15, 0.2) is 5.69 Å². The number of carboxylic acids is 1. The average molecular weight is 308 g/mol. The third-order valence-corrected chi connectivity index (χ3v) is 3.77. The molecule has 23 heavy (non-hydrogen) atoms. The number of benzene rings is 2. The molecular formula is C17H16N4O2. The predicted molar refractivity (Wildman–Crippen MR) is 87.6 cm³/mol. The maximum atomic E-state index is 11.5. The number of hydrogen-bond acceptors (Lipinski definition) is 4. The number of rotatable bonds is 3. The van der Waals surface area contributed by atoms with Crippen LogP contribution in [-0.2, 0) is 0 Å². The molecule has 116 valence electrons. The van der Waals surface area contributed by atoms with Gasteiger partial charge in [-0.3, -0.25) is 0 Å². The molecule has 3 N–H and O–H groups in total. The fraction of sp³-hybridized carbons (Fsp3) is 0.118. The maximum Gasteiger partial charge on any atom is 0.358 e. The van der Waals surface area contributed by atoms with Gasteiger partial charge in [-0.2, -0.15) is 0 Å². The molecule has 0 fully saturated rings. The summed E-state index contributed by atoms with van der Waals surface area (Å²) in [6.45, 7) is 3.83. The molecule has 0 radical (unpaired) electrons. The quantitative estimate of drug-likeness (QED) is 0.726. The zero-order valence-corrected chi connectivity index (χ0v) is 12.8. The second-order valence-electron chi connectivity index (χ2n) is 5.36. The van der Waals surface area contributed by atoms with Crippen molar-refractivity contribution < 1.29 is 9.90 Å². The highest BCUT2D eigenvalue weighted by molar-refractivity contribution is 5.93. The van der Waals surface area contributed by atoms with Crippen LogP contribution in [0.15, 0.2) is 42.5 Å². The van der Waals surface area contributed by atoms with Gasteiger partial charge in [-0.15, -0.1) is 5.10 Å². The van der Waals surface area contributed by atoms with E-state index in [0.717, 1.165) is 16.8 Å². The lowest BCUT2D eigenvalue weighted by Crippen LogP contribution is -2.05. The van der Waals surface area contributed by atoms with Crippen LogP contribution in [0, 0.1) is 13.8 Å². The Morgan fingerprint density at radius 3 is 2.52 bits per heavy atom. The van der Waals surface area contributed by atoms with Crippen molar-refractivity contribution in [1.82, 2.24) is 15.0 Å². The Hall–Kier alpha value is -3.15. The van der Waals surface area contributed by atoms with Crippen LogP contribution in [0.25, 0.3) is 16.9 Å². The van der Waals surface area contributed by atoms with E-state index < -0.39 is 5.97 Å². The lowest BCUT2D eigenvalue weighted by molar-refractivity contribution is 0.0691. The van der Waals surface area contributed by atoms with E-state index in [1.165, 1.54) is 0 Å². The van der Waals surface area contributed by atoms with Crippen molar-refractivity contribution in [3.63, 3.8) is 0 Å². The van der Waals surface area contributed by atoms with Crippen LogP contribution < -0.4 is 5.73 Å². The summed E-state index contributed by atoms with van der Waals surface area (Å²) in [6, 6.07) is 13.0. The van der Waals surface area contributed by atoms with Gasteiger partial charge in [0.05, 0.1) is 5.69 Å². The summed E-state index contributed by atoms with van der Waals surface area (Å²) in [6.07, 6.45) is 0. The van der Waals surface area contributed by atoms with Crippen molar-refractivity contribution in [1.29, 1.82) is 0 Å². The number of aromatic nitrogens is 3. The van der Waals surface area contributed by atoms with Crippen LogP contribution in [0.3, 0.4) is 0 Å². The molecule has 0 bridgehead atoms. The molecule has 0 aliphatic heterocycles. The van der Waals surface area contributed by atoms with Crippen LogP contribution in [-0.4, -0.2) is 26.1 Å². The minimum Gasteiger partial charge on any atom is -0.476 e. The molecule has 2 aromatic carbocycles. The second-order valence-corrected chi connectivity index (χ2v) is 5.36. The molecule has 0 aliphatic carbocycles. The lowest BCUT2D eigenvalue weighted by atomic mass is 10.1. The van der Waals surface area contributed by atoms with Gasteiger partial charge in [-0.25, -0.2) is 9.48 Å². The fourth-order valence-corrected chi connectivity index (χ4v) is 2.44. The van der Waals surface area contributed by atoms with Gasteiger partial charge in [-0.1, -0.05) is 35.5 Å². The van der Waals surface area contributed by atoms with Gasteiger partial charge in [0.1, 0.15) is 5.69 Å². The first-order valence-corrected chi connectivity index (χ1v) is 7.10. The van der Waals surface area contributed by atoms with Crippen LogP contribution in [0.4, 0.5) is 5.69 Å². The van der Waals surface area contributed by atoms with Gasteiger partial charge in [-0.05, 0) is 37.1 Å². The second kappa shape index (κ2) is 5.57. The zero-order valence-electron chi connectivity index (χ0n) is 12.8. The number of carbonyl (C=O) groups is 1. The van der Waals surface area contributed by atoms with Crippen molar-refractivity contribution in [2.75, 3.05) is 5.73 Å². The van der Waals surface area contributed by atoms with Crippen molar-refractivity contribution in [3.8, 4) is 16.9 Å². The molecule has 0 saturated carbocycles. The van der Waals surface area contributed by atoms with Gasteiger partial charge < -0.3 is 10.8 Å². The topological polar surface area (TPSA) is 94.0 Å². The summed E-state index contributed by atoms with van der Waals surface area (Å²) in [5, 5.41) is 17.3. The molecule has 1 heterocycles. The number of nitrogens with zero attached hydrogens (tertiary/aromatic N) is 3. The number of aryl methyl sites for hydroxylation is 2. The number of anilines is 1. The first-order chi connectivity index (χ1) is 11.0. The van der Waals surface area contributed by atoms with Crippen molar-refractivity contribution in [2.45, 2.75) is 13.8 Å². The smallest absolute Gasteiger partial charge is 0.358 e. The highest BCUT2D eigenvalue weighted by Crippen LogP contribution is 2.29. The summed E-state index contributed by atoms with van der Waals surface area (Å²) in [5.74, 6) is -1.13. The van der Waals surface area contributed by atoms with Gasteiger partial charge in [0, 0.05) is 11.3 Å². The number of aromatic carboxylic acids is 1. The molecule has 0 unspecified atom stereocenters. The zero-order chi connectivity index (χ0) is 16.6. The first kappa shape index (κ1) is 14.8. The Kier molecular flexibility index (Phi) is 3.57. The molecule has 0 aliphatic rings. The van der Waals surface area contributed by atoms with E-state index in [2.05, 4.69) is 10.3 Å². The van der Waals surface area contributed by atoms with Crippen molar-refractivity contribution in [3.05, 3.63) is 59.3 Å². The predicted octanol–water partition coefficient (Wildman–Crippen LogP) is 2.83. The third kappa shape index (κ3) is 2.55. The Morgan fingerprint density at radius 1 is 1.13 bits per heavy atom. The van der Waals surface area contributed by atoms with E-state index in [-0.39, 0.29) is 5.69 Å². The Labute approximate surface area is 133 Å². The minimum absolute atomic E-state index is 0.100. The highest BCUT2D eigenvalue weighted by Gasteiger charge is 2.22. The van der Waals surface area contributed by atoms with Gasteiger partial charge in [0.2, 0.25) is 0 Å². The Balaban J connectivity index is 2.29. The van der Waals surface area contributed by atoms with Gasteiger partial charge in [0.25, 0.3) is 0 Å². The molecule has 0 atom stereocenters. The molecule has 0 spiro atoms. The monoisotopic (exact) mass is 308 g/mol. The first-order valence-electron chi connectivity index (χ1n) is 7.10. The van der Waals surface area contributed by atoms with E-state index in [0.29, 0.717) is 16.9 Å². The molecule has 6 nitrogen and oxygen atoms in total. The van der Waals surface area contributed by atoms with E-state index in [9.17, 15) is 9.90 Å². The largest absolute Gasteiger partial charge is 0.476 e. The highest BCUT2D eigenvalue weighted by atomic mass is 16.4. The molecule has 3 aromatic rings. The molecule has 3 rings (SSSR count). The van der Waals surface area contributed by atoms with Crippen LogP contribution >= 0.6 is 0 Å². The minimum atomic E-state index is -1.13. The fourth-order valence-electron chi connectivity index (χ4n) is 2.44. The van der Waals surface area contributed by atoms with Crippen LogP contribution in [0.1, 0.15) is 21.6 Å². The summed E-state index contributed by atoms with van der Waals surface area (Å²) < 4.78 is 1.54. The molecular weight excluding hydrogens is 292 g/mol. The molecule has 0 saturated heterocycles. The summed E-state index contributed by atoms with van der Waals surface area (Å²) in [4.78, 5) is 11.5. The van der Waals surface area contributed by atoms with E-state index >= 15 is 0 Å². The summed E-state index contributed by atoms with van der Waals surface area (Å²) >= 11 is 0. The van der Waals surface area contributed by atoms with Crippen molar-refractivity contribution in [2.24, 2.45) is 0 Å². The van der Waals surface area contributed by atoms with E-state index in [4.69, 9.17) is 5.73 Å². The number of nitrogens with two attached hydrogens (primary N) is 1. The Morgan fingerprint density at radius 2 is 1.87 bits per heavy atom. The number of nitrogen functional groups attached to an aromatic ring is 1. The van der Waals surface area contributed by atoms with E-state index in [1.807, 2.05) is 50.2 Å². The number of carboxylic acid groups (broad SMARTS) is 1. The van der Waals surface area contributed by atoms with Crippen LogP contribution in [0.2, 0.25) is 0 Å². The average Bonchev–Trinajstić information content (AvgIpc) is 2.95. The standard InChI is InChI=1S/C17H16N4O2/c1-10-7-8-12(9-13(10)18)16-15(17(22)23)19-20-21(16)14-6-4-3-5-11(14)2/h3-9H,18H2,1-2H3,(H,22,23). The summed E-state index contributed by atoms with van der Waals surface area (Å²) in [7, 11) is 0. The number of hydrogen-bond donors (Lipinski definition) is 2. The van der Waals surface area contributed by atoms with Gasteiger partial charge >= 0.3 is 5.97 Å².